The topological polar surface area (TPSA) is 118 Å². The molecule has 2 heterocycles. The highest BCUT2D eigenvalue weighted by Gasteiger charge is 2.21. The van der Waals surface area contributed by atoms with Crippen LogP contribution in [0.2, 0.25) is 0 Å². The number of amides is 1. The minimum absolute atomic E-state index is 0.117. The van der Waals surface area contributed by atoms with Crippen molar-refractivity contribution in [2.24, 2.45) is 5.41 Å². The summed E-state index contributed by atoms with van der Waals surface area (Å²) in [5.74, 6) is 0.132. The Morgan fingerprint density at radius 3 is 2.52 bits per heavy atom. The molecule has 1 aromatic carbocycles. The fourth-order valence-electron chi connectivity index (χ4n) is 3.51. The van der Waals surface area contributed by atoms with Crippen LogP contribution in [-0.4, -0.2) is 33.1 Å². The van der Waals surface area contributed by atoms with Crippen LogP contribution in [0.3, 0.4) is 0 Å². The maximum atomic E-state index is 12.4. The van der Waals surface area contributed by atoms with Crippen molar-refractivity contribution in [3.63, 3.8) is 0 Å². The van der Waals surface area contributed by atoms with Gasteiger partial charge in [0, 0.05) is 22.8 Å². The van der Waals surface area contributed by atoms with E-state index in [9.17, 15) is 4.79 Å². The van der Waals surface area contributed by atoms with Gasteiger partial charge < -0.3 is 11.1 Å². The van der Waals surface area contributed by atoms with E-state index >= 15 is 0 Å². The first-order chi connectivity index (χ1) is 15.7. The van der Waals surface area contributed by atoms with Crippen molar-refractivity contribution in [2.75, 3.05) is 12.3 Å². The van der Waals surface area contributed by atoms with Gasteiger partial charge in [-0.15, -0.1) is 0 Å². The second kappa shape index (κ2) is 10.7. The second-order valence-corrected chi connectivity index (χ2v) is 9.80. The molecule has 2 aromatic heterocycles. The molecular weight excluding hydrogens is 480 g/mol. The van der Waals surface area contributed by atoms with E-state index < -0.39 is 0 Å². The van der Waals surface area contributed by atoms with E-state index in [0.29, 0.717) is 35.8 Å². The molecule has 4 N–H and O–H groups in total. The summed E-state index contributed by atoms with van der Waals surface area (Å²) in [4.78, 5) is 25.1. The molecule has 3 aromatic rings. The second-order valence-electron chi connectivity index (χ2n) is 8.88. The number of aryl methyl sites for hydroxylation is 2. The normalized spacial score (nSPS) is 11.3. The zero-order valence-corrected chi connectivity index (χ0v) is 20.7. The zero-order chi connectivity index (χ0) is 24.0. The number of nitrogens with zero attached hydrogens (tertiary/aromatic N) is 3. The number of carbonyl (C=O) groups is 1. The van der Waals surface area contributed by atoms with Gasteiger partial charge in [0.1, 0.15) is 17.8 Å². The highest BCUT2D eigenvalue weighted by molar-refractivity contribution is 9.10. The molecule has 0 atom stereocenters. The standard InChI is InChI=1S/C25H29BrN6O/c1-16-6-8-17(9-7-16)22(27)21-19(31-15-32-23(21)28)5-4-12-25(2,3)14-30-24(33)20-11-10-18(26)13-29-20/h6-11,13,15,27H,4-5,12,14H2,1-3H3,(H,30,33)(H2,28,31,32). The fraction of sp³-hybridized carbons (Fsp3) is 0.320. The number of anilines is 1. The van der Waals surface area contributed by atoms with Gasteiger partial charge in [0.2, 0.25) is 0 Å². The number of nitrogens with one attached hydrogen (secondary N) is 2. The summed E-state index contributed by atoms with van der Waals surface area (Å²) in [5, 5.41) is 11.6. The quantitative estimate of drug-likeness (QED) is 0.361. The molecule has 0 spiro atoms. The zero-order valence-electron chi connectivity index (χ0n) is 19.2. The van der Waals surface area contributed by atoms with Crippen LogP contribution < -0.4 is 11.1 Å². The largest absolute Gasteiger partial charge is 0.383 e. The Morgan fingerprint density at radius 2 is 1.85 bits per heavy atom. The molecular formula is C25H29BrN6O. The van der Waals surface area contributed by atoms with E-state index in [2.05, 4.69) is 50.0 Å². The Hall–Kier alpha value is -3.13. The molecule has 0 fully saturated rings. The van der Waals surface area contributed by atoms with E-state index in [-0.39, 0.29) is 11.3 Å². The molecule has 0 radical (unpaired) electrons. The van der Waals surface area contributed by atoms with Crippen LogP contribution in [0.25, 0.3) is 0 Å². The van der Waals surface area contributed by atoms with Crippen LogP contribution in [-0.2, 0) is 6.42 Å². The first-order valence-corrected chi connectivity index (χ1v) is 11.6. The predicted molar refractivity (Wildman–Crippen MR) is 135 cm³/mol. The number of aromatic nitrogens is 3. The number of rotatable bonds is 9. The maximum absolute atomic E-state index is 12.4. The number of hydrogen-bond donors (Lipinski definition) is 3. The molecule has 0 aliphatic carbocycles. The Morgan fingerprint density at radius 1 is 1.12 bits per heavy atom. The third kappa shape index (κ3) is 6.68. The number of pyridine rings is 1. The van der Waals surface area contributed by atoms with Crippen LogP contribution in [0.1, 0.15) is 59.6 Å². The molecule has 0 saturated heterocycles. The summed E-state index contributed by atoms with van der Waals surface area (Å²) in [6.45, 7) is 6.78. The molecule has 172 valence electrons. The number of benzene rings is 1. The van der Waals surface area contributed by atoms with Crippen molar-refractivity contribution in [3.05, 3.63) is 81.5 Å². The van der Waals surface area contributed by atoms with Gasteiger partial charge in [0.15, 0.2) is 0 Å². The first kappa shape index (κ1) is 24.5. The van der Waals surface area contributed by atoms with E-state index in [4.69, 9.17) is 11.1 Å². The van der Waals surface area contributed by atoms with Gasteiger partial charge >= 0.3 is 0 Å². The number of carbonyl (C=O) groups excluding carboxylic acids is 1. The molecule has 7 nitrogen and oxygen atoms in total. The maximum Gasteiger partial charge on any atom is 0.269 e. The Balaban J connectivity index is 1.61. The van der Waals surface area contributed by atoms with Crippen molar-refractivity contribution < 1.29 is 4.79 Å². The van der Waals surface area contributed by atoms with Gasteiger partial charge in [-0.1, -0.05) is 43.7 Å². The fourth-order valence-corrected chi connectivity index (χ4v) is 3.74. The van der Waals surface area contributed by atoms with Crippen LogP contribution in [0.15, 0.2) is 53.4 Å². The lowest BCUT2D eigenvalue weighted by atomic mass is 9.86. The number of hydrogen-bond acceptors (Lipinski definition) is 6. The van der Waals surface area contributed by atoms with E-state index in [1.165, 1.54) is 6.33 Å². The third-order valence-corrected chi connectivity index (χ3v) is 5.97. The van der Waals surface area contributed by atoms with Crippen molar-refractivity contribution in [1.82, 2.24) is 20.3 Å². The lowest BCUT2D eigenvalue weighted by molar-refractivity contribution is 0.0929. The average molecular weight is 509 g/mol. The van der Waals surface area contributed by atoms with Crippen LogP contribution in [0.5, 0.6) is 0 Å². The van der Waals surface area contributed by atoms with Crippen LogP contribution in [0, 0.1) is 17.7 Å². The summed E-state index contributed by atoms with van der Waals surface area (Å²) >= 11 is 3.32. The minimum Gasteiger partial charge on any atom is -0.383 e. The summed E-state index contributed by atoms with van der Waals surface area (Å²) in [6, 6.07) is 11.3. The lowest BCUT2D eigenvalue weighted by Crippen LogP contribution is -2.34. The van der Waals surface area contributed by atoms with E-state index in [1.54, 1.807) is 18.3 Å². The van der Waals surface area contributed by atoms with Gasteiger partial charge in [-0.25, -0.2) is 15.0 Å². The van der Waals surface area contributed by atoms with Crippen molar-refractivity contribution in [3.8, 4) is 0 Å². The van der Waals surface area contributed by atoms with Gasteiger partial charge in [-0.05, 0) is 59.7 Å². The average Bonchev–Trinajstić information content (AvgIpc) is 2.78. The van der Waals surface area contributed by atoms with E-state index in [0.717, 1.165) is 34.1 Å². The molecule has 0 bridgehead atoms. The molecule has 33 heavy (non-hydrogen) atoms. The highest BCUT2D eigenvalue weighted by atomic mass is 79.9. The smallest absolute Gasteiger partial charge is 0.269 e. The molecule has 0 aliphatic rings. The van der Waals surface area contributed by atoms with Crippen molar-refractivity contribution >= 4 is 33.4 Å². The number of nitrogens with two attached hydrogens (primary N) is 1. The first-order valence-electron chi connectivity index (χ1n) is 10.8. The Bertz CT molecular complexity index is 1130. The van der Waals surface area contributed by atoms with Gasteiger partial charge in [0.05, 0.1) is 17.0 Å². The Labute approximate surface area is 202 Å². The van der Waals surface area contributed by atoms with Gasteiger partial charge in [0.25, 0.3) is 5.91 Å². The van der Waals surface area contributed by atoms with E-state index in [1.807, 2.05) is 31.2 Å². The molecule has 1 amide bonds. The summed E-state index contributed by atoms with van der Waals surface area (Å²) in [6.07, 6.45) is 5.43. The van der Waals surface area contributed by atoms with Crippen LogP contribution >= 0.6 is 15.9 Å². The monoisotopic (exact) mass is 508 g/mol. The highest BCUT2D eigenvalue weighted by Crippen LogP contribution is 2.25. The molecule has 0 aliphatic heterocycles. The summed E-state index contributed by atoms with van der Waals surface area (Å²) in [5.41, 5.74) is 10.0. The third-order valence-electron chi connectivity index (χ3n) is 5.50. The molecule has 3 rings (SSSR count). The predicted octanol–water partition coefficient (Wildman–Crippen LogP) is 4.72. The van der Waals surface area contributed by atoms with Crippen LogP contribution in [0.4, 0.5) is 5.82 Å². The lowest BCUT2D eigenvalue weighted by Gasteiger charge is -2.25. The van der Waals surface area contributed by atoms with Gasteiger partial charge in [-0.2, -0.15) is 0 Å². The minimum atomic E-state index is -0.187. The van der Waals surface area contributed by atoms with Gasteiger partial charge in [-0.3, -0.25) is 10.2 Å². The number of halogens is 1. The summed E-state index contributed by atoms with van der Waals surface area (Å²) < 4.78 is 0.833. The number of nitrogen functional groups attached to an aromatic ring is 1. The van der Waals surface area contributed by atoms with Crippen molar-refractivity contribution in [1.29, 1.82) is 5.41 Å². The molecule has 8 heteroatoms. The molecule has 0 saturated carbocycles. The Kier molecular flexibility index (Phi) is 7.92. The summed E-state index contributed by atoms with van der Waals surface area (Å²) in [7, 11) is 0. The SMILES string of the molecule is Cc1ccc(C(=N)c2c(N)ncnc2CCCC(C)(C)CNC(=O)c2ccc(Br)cn2)cc1. The van der Waals surface area contributed by atoms with Crippen molar-refractivity contribution in [2.45, 2.75) is 40.0 Å². The molecule has 0 unspecified atom stereocenters.